The average Bonchev–Trinajstić information content (AvgIpc) is 2.80. The zero-order chi connectivity index (χ0) is 24.3. The molecule has 1 N–H and O–H groups in total. The Kier molecular flexibility index (Phi) is 5.64. The Morgan fingerprint density at radius 1 is 0.882 bits per heavy atom. The summed E-state index contributed by atoms with van der Waals surface area (Å²) in [6.07, 6.45) is 2.08. The first-order valence-corrected chi connectivity index (χ1v) is 13.6. The van der Waals surface area contributed by atoms with Crippen LogP contribution in [0.5, 0.6) is 0 Å². The molecule has 3 aromatic rings. The molecule has 34 heavy (non-hydrogen) atoms. The lowest BCUT2D eigenvalue weighted by Gasteiger charge is -2.62. The van der Waals surface area contributed by atoms with Crippen LogP contribution < -0.4 is 4.72 Å². The molecule has 1 heterocycles. The summed E-state index contributed by atoms with van der Waals surface area (Å²) in [5.41, 5.74) is 5.87. The quantitative estimate of drug-likeness (QED) is 0.508. The Labute approximate surface area is 203 Å². The third-order valence-electron chi connectivity index (χ3n) is 8.40. The molecule has 3 fully saturated rings. The van der Waals surface area contributed by atoms with E-state index >= 15 is 0 Å². The van der Waals surface area contributed by atoms with E-state index in [-0.39, 0.29) is 11.1 Å². The molecule has 4 atom stereocenters. The molecule has 3 aliphatic rings. The minimum absolute atomic E-state index is 0.0235. The van der Waals surface area contributed by atoms with Crippen LogP contribution >= 0.6 is 0 Å². The van der Waals surface area contributed by atoms with E-state index in [2.05, 4.69) is 35.7 Å². The standard InChI is InChI=1S/C28H33N3O2S/c1-17-6-10-20(11-7-17)23-16-26(29-30-27(23)21-12-8-18(2)9-13-21)34(32,33)31-25-15-22-14-24(19(25)3)28(22,4)5/h6-13,16,19,22,24-25,31H,14-15H2,1-5H3. The van der Waals surface area contributed by atoms with Gasteiger partial charge in [0.1, 0.15) is 5.69 Å². The maximum atomic E-state index is 13.4. The minimum Gasteiger partial charge on any atom is -0.206 e. The summed E-state index contributed by atoms with van der Waals surface area (Å²) in [7, 11) is -3.80. The van der Waals surface area contributed by atoms with E-state index in [1.54, 1.807) is 6.07 Å². The number of nitrogens with zero attached hydrogens (tertiary/aromatic N) is 2. The molecule has 2 bridgehead atoms. The molecule has 0 spiro atoms. The molecule has 0 aliphatic heterocycles. The van der Waals surface area contributed by atoms with E-state index in [1.807, 2.05) is 62.4 Å². The molecule has 6 heteroatoms. The molecule has 0 amide bonds. The van der Waals surface area contributed by atoms with E-state index in [0.717, 1.165) is 34.2 Å². The van der Waals surface area contributed by atoms with Crippen LogP contribution in [0.25, 0.3) is 22.4 Å². The number of aryl methyl sites for hydroxylation is 2. The number of fused-ring (bicyclic) bond motifs is 2. The third kappa shape index (κ3) is 3.97. The van der Waals surface area contributed by atoms with Crippen molar-refractivity contribution in [1.82, 2.24) is 14.9 Å². The largest absolute Gasteiger partial charge is 0.260 e. The number of rotatable bonds is 5. The highest BCUT2D eigenvalue weighted by molar-refractivity contribution is 7.89. The SMILES string of the molecule is Cc1ccc(-c2cc(S(=O)(=O)NC3CC4CC(C3C)C4(C)C)nnc2-c2ccc(C)cc2)cc1. The van der Waals surface area contributed by atoms with Crippen molar-refractivity contribution < 1.29 is 8.42 Å². The van der Waals surface area contributed by atoms with Crippen molar-refractivity contribution in [3.05, 3.63) is 65.7 Å². The highest BCUT2D eigenvalue weighted by atomic mass is 32.2. The van der Waals surface area contributed by atoms with E-state index in [0.29, 0.717) is 28.9 Å². The molecular formula is C28H33N3O2S. The lowest BCUT2D eigenvalue weighted by atomic mass is 9.45. The molecule has 0 saturated heterocycles. The van der Waals surface area contributed by atoms with Crippen LogP contribution in [0.15, 0.2) is 59.6 Å². The van der Waals surface area contributed by atoms with Crippen molar-refractivity contribution in [3.63, 3.8) is 0 Å². The van der Waals surface area contributed by atoms with Gasteiger partial charge in [0, 0.05) is 17.2 Å². The van der Waals surface area contributed by atoms with Crippen LogP contribution in [0.1, 0.15) is 44.7 Å². The molecule has 2 aromatic carbocycles. The van der Waals surface area contributed by atoms with Gasteiger partial charge in [-0.1, -0.05) is 80.4 Å². The van der Waals surface area contributed by atoms with Gasteiger partial charge in [-0.15, -0.1) is 10.2 Å². The normalized spacial score (nSPS) is 25.6. The Morgan fingerprint density at radius 2 is 1.47 bits per heavy atom. The first kappa shape index (κ1) is 23.2. The smallest absolute Gasteiger partial charge is 0.206 e. The van der Waals surface area contributed by atoms with Crippen molar-refractivity contribution >= 4 is 10.0 Å². The van der Waals surface area contributed by atoms with E-state index < -0.39 is 10.0 Å². The van der Waals surface area contributed by atoms with Crippen LogP contribution in [0.2, 0.25) is 0 Å². The fraction of sp³-hybridized carbons (Fsp3) is 0.429. The molecule has 4 unspecified atom stereocenters. The summed E-state index contributed by atoms with van der Waals surface area (Å²) in [6.45, 7) is 10.9. The second kappa shape index (κ2) is 8.28. The van der Waals surface area contributed by atoms with Crippen LogP contribution in [0.3, 0.4) is 0 Å². The van der Waals surface area contributed by atoms with Gasteiger partial charge in [0.25, 0.3) is 10.0 Å². The van der Waals surface area contributed by atoms with Gasteiger partial charge in [-0.05, 0) is 61.5 Å². The van der Waals surface area contributed by atoms with Gasteiger partial charge < -0.3 is 0 Å². The van der Waals surface area contributed by atoms with Gasteiger partial charge in [0.2, 0.25) is 0 Å². The van der Waals surface area contributed by atoms with Gasteiger partial charge in [-0.2, -0.15) is 0 Å². The average molecular weight is 476 g/mol. The molecule has 5 nitrogen and oxygen atoms in total. The summed E-state index contributed by atoms with van der Waals surface area (Å²) >= 11 is 0. The molecule has 3 saturated carbocycles. The Hall–Kier alpha value is -2.57. The number of nitrogens with one attached hydrogen (secondary N) is 1. The number of hydrogen-bond acceptors (Lipinski definition) is 4. The highest BCUT2D eigenvalue weighted by Gasteiger charge is 2.56. The van der Waals surface area contributed by atoms with Crippen molar-refractivity contribution in [1.29, 1.82) is 0 Å². The van der Waals surface area contributed by atoms with Gasteiger partial charge in [-0.25, -0.2) is 13.1 Å². The molecule has 178 valence electrons. The summed E-state index contributed by atoms with van der Waals surface area (Å²) < 4.78 is 29.9. The van der Waals surface area contributed by atoms with Gasteiger partial charge >= 0.3 is 0 Å². The predicted molar refractivity (Wildman–Crippen MR) is 136 cm³/mol. The van der Waals surface area contributed by atoms with Crippen LogP contribution in [-0.4, -0.2) is 24.7 Å². The van der Waals surface area contributed by atoms with E-state index in [9.17, 15) is 8.42 Å². The summed E-state index contributed by atoms with van der Waals surface area (Å²) in [5, 5.41) is 8.61. The summed E-state index contributed by atoms with van der Waals surface area (Å²) in [4.78, 5) is 0. The third-order valence-corrected chi connectivity index (χ3v) is 9.76. The molecule has 3 aliphatic carbocycles. The second-order valence-electron chi connectivity index (χ2n) is 10.9. The lowest BCUT2D eigenvalue weighted by molar-refractivity contribution is -0.111. The first-order chi connectivity index (χ1) is 16.1. The number of hydrogen-bond donors (Lipinski definition) is 1. The van der Waals surface area contributed by atoms with Gasteiger partial charge in [-0.3, -0.25) is 0 Å². The van der Waals surface area contributed by atoms with Crippen LogP contribution in [0, 0.1) is 37.0 Å². The fourth-order valence-corrected chi connectivity index (χ4v) is 7.20. The van der Waals surface area contributed by atoms with E-state index in [4.69, 9.17) is 0 Å². The number of aromatic nitrogens is 2. The Balaban J connectivity index is 1.51. The van der Waals surface area contributed by atoms with Gasteiger partial charge in [0.15, 0.2) is 5.03 Å². The van der Waals surface area contributed by atoms with Crippen molar-refractivity contribution in [2.75, 3.05) is 0 Å². The monoisotopic (exact) mass is 475 g/mol. The Morgan fingerprint density at radius 3 is 2.03 bits per heavy atom. The maximum absolute atomic E-state index is 13.4. The second-order valence-corrected chi connectivity index (χ2v) is 12.5. The molecule has 0 radical (unpaired) electrons. The molecule has 6 rings (SSSR count). The van der Waals surface area contributed by atoms with E-state index in [1.165, 1.54) is 6.42 Å². The Bertz CT molecular complexity index is 1310. The summed E-state index contributed by atoms with van der Waals surface area (Å²) in [5.74, 6) is 1.42. The molecular weight excluding hydrogens is 442 g/mol. The zero-order valence-electron chi connectivity index (χ0n) is 20.5. The van der Waals surface area contributed by atoms with Gasteiger partial charge in [0.05, 0.1) is 0 Å². The number of benzene rings is 2. The maximum Gasteiger partial charge on any atom is 0.260 e. The summed E-state index contributed by atoms with van der Waals surface area (Å²) in [6, 6.07) is 17.7. The van der Waals surface area contributed by atoms with Crippen LogP contribution in [-0.2, 0) is 10.0 Å². The predicted octanol–water partition coefficient (Wildman–Crippen LogP) is 5.78. The lowest BCUT2D eigenvalue weighted by Crippen LogP contribution is -2.60. The highest BCUT2D eigenvalue weighted by Crippen LogP contribution is 2.61. The van der Waals surface area contributed by atoms with Crippen molar-refractivity contribution in [2.45, 2.75) is 58.5 Å². The van der Waals surface area contributed by atoms with Crippen LogP contribution in [0.4, 0.5) is 0 Å². The first-order valence-electron chi connectivity index (χ1n) is 12.1. The minimum atomic E-state index is -3.80. The van der Waals surface area contributed by atoms with Crippen molar-refractivity contribution in [2.24, 2.45) is 23.2 Å². The number of sulfonamides is 1. The molecule has 1 aromatic heterocycles. The fourth-order valence-electron chi connectivity index (χ4n) is 5.95. The topological polar surface area (TPSA) is 72.0 Å². The van der Waals surface area contributed by atoms with Crippen molar-refractivity contribution in [3.8, 4) is 22.4 Å². The zero-order valence-corrected chi connectivity index (χ0v) is 21.4.